The van der Waals surface area contributed by atoms with Crippen LogP contribution in [0, 0.1) is 14.9 Å². The van der Waals surface area contributed by atoms with Crippen LogP contribution >= 0.6 is 15.9 Å². The number of hydrogen-bond acceptors (Lipinski definition) is 4. The van der Waals surface area contributed by atoms with Gasteiger partial charge in [0.25, 0.3) is 5.69 Å². The molecular weight excluding hydrogens is 344 g/mol. The van der Waals surface area contributed by atoms with Crippen molar-refractivity contribution in [3.05, 3.63) is 70.3 Å². The molecule has 0 aliphatic rings. The molecule has 2 rings (SSSR count). The fourth-order valence-corrected chi connectivity index (χ4v) is 3.97. The van der Waals surface area contributed by atoms with Crippen molar-refractivity contribution in [3.8, 4) is 0 Å². The van der Waals surface area contributed by atoms with Gasteiger partial charge in [-0.25, -0.2) is 8.99 Å². The minimum atomic E-state index is -3.08. The predicted octanol–water partition coefficient (Wildman–Crippen LogP) is 4.09. The number of nitro benzene ring substituents is 1. The smallest absolute Gasteiger partial charge is 0.258 e. The molecule has 0 aliphatic carbocycles. The molecule has 104 valence electrons. The Morgan fingerprint density at radius 1 is 1.10 bits per heavy atom. The van der Waals surface area contributed by atoms with Gasteiger partial charge in [-0.3, -0.25) is 10.1 Å². The number of alkyl halides is 1. The molecule has 2 unspecified atom stereocenters. The minimum Gasteiger partial charge on any atom is -0.258 e. The molecule has 0 amide bonds. The number of rotatable bonds is 4. The Labute approximate surface area is 124 Å². The fourth-order valence-electron chi connectivity index (χ4n) is 1.68. The van der Waals surface area contributed by atoms with Crippen molar-refractivity contribution < 1.29 is 9.13 Å². The fraction of sp³-hybridized carbons (Fsp3) is 0.0769. The number of nitrogens with zero attached hydrogens (tertiary/aromatic N) is 1. The lowest BCUT2D eigenvalue weighted by molar-refractivity contribution is -0.384. The van der Waals surface area contributed by atoms with E-state index >= 15 is 0 Å². The average molecular weight is 355 g/mol. The molecule has 0 saturated heterocycles. The molecule has 0 radical (unpaired) electrons. The highest BCUT2D eigenvalue weighted by Crippen LogP contribution is 2.35. The Balaban J connectivity index is 2.36. The van der Waals surface area contributed by atoms with Crippen LogP contribution in [0.15, 0.2) is 59.5 Å². The van der Waals surface area contributed by atoms with E-state index < -0.39 is 18.8 Å². The maximum absolute atomic E-state index is 12.6. The molecule has 2 aromatic rings. The molecular formula is C13H11BrN2O3S. The van der Waals surface area contributed by atoms with E-state index in [1.165, 1.54) is 24.3 Å². The second-order valence-electron chi connectivity index (χ2n) is 4.08. The second-order valence-corrected chi connectivity index (χ2v) is 7.74. The third-order valence-electron chi connectivity index (χ3n) is 2.75. The molecule has 2 atom stereocenters. The molecule has 2 aromatic carbocycles. The van der Waals surface area contributed by atoms with Gasteiger partial charge in [-0.05, 0) is 17.7 Å². The first-order chi connectivity index (χ1) is 9.43. The van der Waals surface area contributed by atoms with Gasteiger partial charge in [0.2, 0.25) is 0 Å². The summed E-state index contributed by atoms with van der Waals surface area (Å²) in [7, 11) is -3.08. The molecule has 0 aliphatic heterocycles. The molecule has 1 N–H and O–H groups in total. The van der Waals surface area contributed by atoms with Crippen molar-refractivity contribution in [2.24, 2.45) is 0 Å². The first-order valence-corrected chi connectivity index (χ1v) is 8.18. The van der Waals surface area contributed by atoms with Gasteiger partial charge >= 0.3 is 0 Å². The Hall–Kier alpha value is -1.73. The molecule has 0 spiro atoms. The summed E-state index contributed by atoms with van der Waals surface area (Å²) in [6.07, 6.45) is 0. The third kappa shape index (κ3) is 2.88. The topological polar surface area (TPSA) is 84.1 Å². The summed E-state index contributed by atoms with van der Waals surface area (Å²) in [4.78, 5) is 10.5. The van der Waals surface area contributed by atoms with E-state index in [4.69, 9.17) is 4.78 Å². The summed E-state index contributed by atoms with van der Waals surface area (Å²) in [5.41, 5.74) is 0.532. The molecule has 0 bridgehead atoms. The maximum Gasteiger partial charge on any atom is 0.269 e. The van der Waals surface area contributed by atoms with Gasteiger partial charge in [-0.2, -0.15) is 0 Å². The Bertz CT molecular complexity index is 715. The summed E-state index contributed by atoms with van der Waals surface area (Å²) < 4.78 is 20.0. The van der Waals surface area contributed by atoms with Crippen LogP contribution in [0.5, 0.6) is 0 Å². The zero-order valence-electron chi connectivity index (χ0n) is 10.2. The van der Waals surface area contributed by atoms with Gasteiger partial charge in [0.1, 0.15) is 4.16 Å². The van der Waals surface area contributed by atoms with Crippen molar-refractivity contribution in [1.29, 1.82) is 4.78 Å². The Morgan fingerprint density at radius 2 is 1.65 bits per heavy atom. The summed E-state index contributed by atoms with van der Waals surface area (Å²) in [5, 5.41) is 10.6. The van der Waals surface area contributed by atoms with Crippen LogP contribution in [0.1, 0.15) is 9.72 Å². The summed E-state index contributed by atoms with van der Waals surface area (Å²) in [6.45, 7) is 0. The number of halogens is 1. The Kier molecular flexibility index (Phi) is 4.20. The molecule has 20 heavy (non-hydrogen) atoms. The lowest BCUT2D eigenvalue weighted by Crippen LogP contribution is -2.06. The van der Waals surface area contributed by atoms with E-state index in [1.807, 2.05) is 0 Å². The van der Waals surface area contributed by atoms with E-state index in [0.29, 0.717) is 10.5 Å². The first-order valence-electron chi connectivity index (χ1n) is 5.64. The summed E-state index contributed by atoms with van der Waals surface area (Å²) in [6, 6.07) is 14.2. The van der Waals surface area contributed by atoms with Gasteiger partial charge in [0.15, 0.2) is 0 Å². The van der Waals surface area contributed by atoms with Crippen molar-refractivity contribution in [2.75, 3.05) is 0 Å². The number of non-ortho nitro benzene ring substituents is 1. The van der Waals surface area contributed by atoms with E-state index in [-0.39, 0.29) is 5.69 Å². The number of nitrogens with one attached hydrogen (secondary N) is 1. The van der Waals surface area contributed by atoms with Crippen LogP contribution in [0.3, 0.4) is 0 Å². The number of benzene rings is 2. The molecule has 0 aromatic heterocycles. The van der Waals surface area contributed by atoms with E-state index in [1.54, 1.807) is 30.3 Å². The predicted molar refractivity (Wildman–Crippen MR) is 80.3 cm³/mol. The van der Waals surface area contributed by atoms with Gasteiger partial charge in [0, 0.05) is 17.0 Å². The van der Waals surface area contributed by atoms with Crippen molar-refractivity contribution in [2.45, 2.75) is 9.05 Å². The quantitative estimate of drug-likeness (QED) is 0.509. The van der Waals surface area contributed by atoms with Crippen LogP contribution in [-0.4, -0.2) is 9.13 Å². The minimum absolute atomic E-state index is 0.0374. The Morgan fingerprint density at radius 3 is 2.15 bits per heavy atom. The van der Waals surface area contributed by atoms with E-state index in [2.05, 4.69) is 15.9 Å². The monoisotopic (exact) mass is 354 g/mol. The number of nitro groups is 1. The van der Waals surface area contributed by atoms with Gasteiger partial charge in [-0.1, -0.05) is 46.3 Å². The summed E-state index contributed by atoms with van der Waals surface area (Å²) >= 11 is 3.27. The molecule has 0 fully saturated rings. The highest BCUT2D eigenvalue weighted by Gasteiger charge is 2.23. The van der Waals surface area contributed by atoms with Gasteiger partial charge < -0.3 is 0 Å². The van der Waals surface area contributed by atoms with Crippen LogP contribution in [0.2, 0.25) is 0 Å². The third-order valence-corrected chi connectivity index (χ3v) is 6.69. The average Bonchev–Trinajstić information content (AvgIpc) is 2.47. The van der Waals surface area contributed by atoms with Crippen LogP contribution < -0.4 is 0 Å². The number of hydrogen-bond donors (Lipinski definition) is 1. The van der Waals surface area contributed by atoms with E-state index in [9.17, 15) is 14.3 Å². The molecule has 0 heterocycles. The zero-order valence-corrected chi connectivity index (χ0v) is 12.6. The SMILES string of the molecule is N=S(=O)(c1ccccc1)C(Br)c1ccc([N+](=O)[O-])cc1. The lowest BCUT2D eigenvalue weighted by atomic mass is 10.2. The summed E-state index contributed by atoms with van der Waals surface area (Å²) in [5.74, 6) is 0. The lowest BCUT2D eigenvalue weighted by Gasteiger charge is -2.14. The molecule has 7 heteroatoms. The van der Waals surface area contributed by atoms with Gasteiger partial charge in [0.05, 0.1) is 14.7 Å². The normalized spacial score (nSPS) is 15.2. The van der Waals surface area contributed by atoms with E-state index in [0.717, 1.165) is 0 Å². The second kappa shape index (κ2) is 5.72. The zero-order chi connectivity index (χ0) is 14.8. The van der Waals surface area contributed by atoms with Crippen molar-refractivity contribution >= 4 is 31.3 Å². The van der Waals surface area contributed by atoms with Gasteiger partial charge in [-0.15, -0.1) is 0 Å². The highest BCUT2D eigenvalue weighted by molar-refractivity contribution is 9.10. The molecule has 5 nitrogen and oxygen atoms in total. The molecule has 0 saturated carbocycles. The highest BCUT2D eigenvalue weighted by atomic mass is 79.9. The van der Waals surface area contributed by atoms with Crippen LogP contribution in [-0.2, 0) is 9.73 Å². The standard InChI is InChI=1S/C13H11BrN2O3S/c14-13(10-6-8-11(9-7-10)16(17)18)20(15,19)12-4-2-1-3-5-12/h1-9,13,15H. The van der Waals surface area contributed by atoms with Crippen molar-refractivity contribution in [1.82, 2.24) is 0 Å². The van der Waals surface area contributed by atoms with Crippen molar-refractivity contribution in [3.63, 3.8) is 0 Å². The maximum atomic E-state index is 12.6. The first kappa shape index (κ1) is 14.7. The largest absolute Gasteiger partial charge is 0.269 e. The van der Waals surface area contributed by atoms with Crippen LogP contribution in [0.4, 0.5) is 5.69 Å². The van der Waals surface area contributed by atoms with Crippen LogP contribution in [0.25, 0.3) is 0 Å².